The van der Waals surface area contributed by atoms with Gasteiger partial charge in [-0.2, -0.15) is 0 Å². The number of rotatable bonds is 0. The number of hydrogen-bond acceptors (Lipinski definition) is 0. The van der Waals surface area contributed by atoms with Gasteiger partial charge in [-0.15, -0.1) is 0 Å². The minimum absolute atomic E-state index is 0.549. The van der Waals surface area contributed by atoms with E-state index in [1.165, 1.54) is 51.6 Å². The molecule has 2 aliphatic heterocycles. The van der Waals surface area contributed by atoms with Gasteiger partial charge >= 0.3 is 0 Å². The molecule has 0 aromatic rings. The van der Waals surface area contributed by atoms with Gasteiger partial charge in [-0.25, -0.2) is 0 Å². The van der Waals surface area contributed by atoms with Gasteiger partial charge in [-0.3, -0.25) is 0 Å². The Hall–Kier alpha value is -0.300. The average Bonchev–Trinajstić information content (AvgIpc) is 2.53. The van der Waals surface area contributed by atoms with Crippen molar-refractivity contribution in [2.75, 3.05) is 13.1 Å². The summed E-state index contributed by atoms with van der Waals surface area (Å²) in [5, 5.41) is 0. The standard InChI is InChI=1S/C14H23N/c1-11-9-14(2)13-6-4-3-5-12(13)7-8-15(14)10-11/h11H,3-10H2,1-2H3/p+1/t11-,14-/m1/s1. The summed E-state index contributed by atoms with van der Waals surface area (Å²) < 4.78 is 0. The fourth-order valence-electron chi connectivity index (χ4n) is 4.49. The monoisotopic (exact) mass is 206 g/mol. The topological polar surface area (TPSA) is 4.44 Å². The highest BCUT2D eigenvalue weighted by Crippen LogP contribution is 2.39. The molecule has 0 aromatic heterocycles. The van der Waals surface area contributed by atoms with Gasteiger partial charge in [0, 0.05) is 18.8 Å². The van der Waals surface area contributed by atoms with Crippen molar-refractivity contribution < 1.29 is 4.90 Å². The summed E-state index contributed by atoms with van der Waals surface area (Å²) in [4.78, 5) is 1.90. The molecule has 0 saturated carbocycles. The molecule has 1 aliphatic carbocycles. The van der Waals surface area contributed by atoms with Gasteiger partial charge in [0.1, 0.15) is 5.54 Å². The highest BCUT2D eigenvalue weighted by atomic mass is 15.2. The van der Waals surface area contributed by atoms with Crippen LogP contribution in [0.15, 0.2) is 11.1 Å². The van der Waals surface area contributed by atoms with Crippen LogP contribution in [-0.2, 0) is 0 Å². The average molecular weight is 206 g/mol. The summed E-state index contributed by atoms with van der Waals surface area (Å²) >= 11 is 0. The zero-order valence-corrected chi connectivity index (χ0v) is 10.2. The fourth-order valence-corrected chi connectivity index (χ4v) is 4.49. The third-order valence-corrected chi connectivity index (χ3v) is 5.11. The van der Waals surface area contributed by atoms with E-state index in [9.17, 15) is 0 Å². The van der Waals surface area contributed by atoms with Crippen molar-refractivity contribution in [1.82, 2.24) is 0 Å². The lowest BCUT2D eigenvalue weighted by molar-refractivity contribution is -0.934. The maximum atomic E-state index is 2.55. The zero-order valence-electron chi connectivity index (χ0n) is 10.2. The Kier molecular flexibility index (Phi) is 2.21. The molecule has 15 heavy (non-hydrogen) atoms. The fraction of sp³-hybridized carbons (Fsp3) is 0.857. The number of fused-ring (bicyclic) bond motifs is 2. The SMILES string of the molecule is C[C@H]1C[NH+]2CCC3=C(CCCC3)[C@@]2(C)C1. The van der Waals surface area contributed by atoms with Crippen LogP contribution in [0, 0.1) is 5.92 Å². The summed E-state index contributed by atoms with van der Waals surface area (Å²) in [5.74, 6) is 0.943. The van der Waals surface area contributed by atoms with Crippen LogP contribution in [0.1, 0.15) is 52.4 Å². The summed E-state index contributed by atoms with van der Waals surface area (Å²) in [6, 6.07) is 0. The molecule has 3 rings (SSSR count). The van der Waals surface area contributed by atoms with Crippen molar-refractivity contribution in [2.45, 2.75) is 57.9 Å². The Labute approximate surface area is 93.5 Å². The van der Waals surface area contributed by atoms with Crippen molar-refractivity contribution in [2.24, 2.45) is 5.92 Å². The van der Waals surface area contributed by atoms with Crippen LogP contribution in [0.4, 0.5) is 0 Å². The van der Waals surface area contributed by atoms with E-state index in [1.807, 2.05) is 16.0 Å². The Balaban J connectivity index is 1.99. The predicted molar refractivity (Wildman–Crippen MR) is 63.0 cm³/mol. The van der Waals surface area contributed by atoms with Gasteiger partial charge in [0.05, 0.1) is 13.1 Å². The molecule has 1 N–H and O–H groups in total. The first-order valence-electron chi connectivity index (χ1n) is 6.77. The third-order valence-electron chi connectivity index (χ3n) is 5.11. The van der Waals surface area contributed by atoms with Crippen molar-refractivity contribution in [3.63, 3.8) is 0 Å². The van der Waals surface area contributed by atoms with E-state index in [4.69, 9.17) is 0 Å². The Bertz CT molecular complexity index is 304. The van der Waals surface area contributed by atoms with E-state index in [0.717, 1.165) is 5.92 Å². The molecule has 0 aromatic carbocycles. The highest BCUT2D eigenvalue weighted by Gasteiger charge is 2.49. The van der Waals surface area contributed by atoms with E-state index in [0.29, 0.717) is 5.54 Å². The summed E-state index contributed by atoms with van der Waals surface area (Å²) in [7, 11) is 0. The van der Waals surface area contributed by atoms with Gasteiger partial charge in [0.2, 0.25) is 0 Å². The van der Waals surface area contributed by atoms with E-state index in [2.05, 4.69) is 13.8 Å². The van der Waals surface area contributed by atoms with Crippen molar-refractivity contribution >= 4 is 0 Å². The first kappa shape index (κ1) is 9.89. The summed E-state index contributed by atoms with van der Waals surface area (Å²) in [5.41, 5.74) is 4.30. The normalized spacial score (nSPS) is 45.2. The minimum Gasteiger partial charge on any atom is -0.326 e. The van der Waals surface area contributed by atoms with Gasteiger partial charge in [0.15, 0.2) is 0 Å². The smallest absolute Gasteiger partial charge is 0.117 e. The molecule has 1 unspecified atom stereocenters. The van der Waals surface area contributed by atoms with Gasteiger partial charge in [-0.05, 0) is 38.2 Å². The molecular weight excluding hydrogens is 182 g/mol. The molecule has 0 amide bonds. The molecular formula is C14H24N+. The molecule has 1 nitrogen and oxygen atoms in total. The lowest BCUT2D eigenvalue weighted by Crippen LogP contribution is -3.18. The third kappa shape index (κ3) is 1.39. The zero-order chi connectivity index (χ0) is 10.5. The lowest BCUT2D eigenvalue weighted by Gasteiger charge is -2.41. The Morgan fingerprint density at radius 1 is 1.20 bits per heavy atom. The second-order valence-electron chi connectivity index (χ2n) is 6.24. The molecule has 0 bridgehead atoms. The molecule has 84 valence electrons. The molecule has 1 saturated heterocycles. The second-order valence-corrected chi connectivity index (χ2v) is 6.24. The number of quaternary nitrogens is 1. The maximum Gasteiger partial charge on any atom is 0.117 e. The van der Waals surface area contributed by atoms with E-state index in [-0.39, 0.29) is 0 Å². The quantitative estimate of drug-likeness (QED) is 0.578. The van der Waals surface area contributed by atoms with Gasteiger partial charge in [-0.1, -0.05) is 12.5 Å². The highest BCUT2D eigenvalue weighted by molar-refractivity contribution is 5.28. The van der Waals surface area contributed by atoms with E-state index < -0.39 is 0 Å². The minimum atomic E-state index is 0.549. The number of nitrogens with one attached hydrogen (secondary N) is 1. The molecule has 1 heteroatoms. The molecule has 0 radical (unpaired) electrons. The van der Waals surface area contributed by atoms with Gasteiger partial charge in [0.25, 0.3) is 0 Å². The van der Waals surface area contributed by atoms with E-state index in [1.54, 1.807) is 0 Å². The van der Waals surface area contributed by atoms with Crippen LogP contribution in [0.5, 0.6) is 0 Å². The summed E-state index contributed by atoms with van der Waals surface area (Å²) in [6.07, 6.45) is 8.61. The summed E-state index contributed by atoms with van der Waals surface area (Å²) in [6.45, 7) is 7.83. The first-order valence-corrected chi connectivity index (χ1v) is 6.77. The van der Waals surface area contributed by atoms with Crippen LogP contribution in [0.3, 0.4) is 0 Å². The molecule has 3 atom stereocenters. The Morgan fingerprint density at radius 3 is 2.87 bits per heavy atom. The van der Waals surface area contributed by atoms with Crippen molar-refractivity contribution in [1.29, 1.82) is 0 Å². The van der Waals surface area contributed by atoms with Crippen molar-refractivity contribution in [3.05, 3.63) is 11.1 Å². The number of hydrogen-bond donors (Lipinski definition) is 1. The van der Waals surface area contributed by atoms with Crippen molar-refractivity contribution in [3.8, 4) is 0 Å². The lowest BCUT2D eigenvalue weighted by atomic mass is 9.74. The van der Waals surface area contributed by atoms with Crippen LogP contribution < -0.4 is 4.90 Å². The molecule has 3 aliphatic rings. The molecule has 1 fully saturated rings. The Morgan fingerprint density at radius 2 is 2.00 bits per heavy atom. The molecule has 2 heterocycles. The van der Waals surface area contributed by atoms with Crippen LogP contribution in [-0.4, -0.2) is 18.6 Å². The van der Waals surface area contributed by atoms with Crippen LogP contribution >= 0.6 is 0 Å². The predicted octanol–water partition coefficient (Wildman–Crippen LogP) is 1.94. The maximum absolute atomic E-state index is 2.55. The first-order chi connectivity index (χ1) is 7.20. The van der Waals surface area contributed by atoms with E-state index >= 15 is 0 Å². The largest absolute Gasteiger partial charge is 0.326 e. The molecule has 0 spiro atoms. The van der Waals surface area contributed by atoms with Gasteiger partial charge < -0.3 is 4.90 Å². The second kappa shape index (κ2) is 3.35. The van der Waals surface area contributed by atoms with Crippen LogP contribution in [0.25, 0.3) is 0 Å². The van der Waals surface area contributed by atoms with Crippen LogP contribution in [0.2, 0.25) is 0 Å².